The lowest BCUT2D eigenvalue weighted by Crippen LogP contribution is -2.33. The van der Waals surface area contributed by atoms with Crippen LogP contribution in [0.4, 0.5) is 5.69 Å². The summed E-state index contributed by atoms with van der Waals surface area (Å²) >= 11 is 0. The summed E-state index contributed by atoms with van der Waals surface area (Å²) in [7, 11) is 0. The van der Waals surface area contributed by atoms with Crippen molar-refractivity contribution in [2.45, 2.75) is 6.54 Å². The molecular weight excluding hydrogens is 464 g/mol. The molecule has 0 spiro atoms. The topological polar surface area (TPSA) is 119 Å². The third-order valence-electron chi connectivity index (χ3n) is 5.33. The number of hydrogen-bond donors (Lipinski definition) is 2. The van der Waals surface area contributed by atoms with Crippen molar-refractivity contribution in [3.8, 4) is 11.5 Å². The molecule has 10 nitrogen and oxygen atoms in total. The van der Waals surface area contributed by atoms with Crippen molar-refractivity contribution in [1.29, 1.82) is 0 Å². The summed E-state index contributed by atoms with van der Waals surface area (Å²) in [6.07, 6.45) is 1.21. The first-order valence-electron chi connectivity index (χ1n) is 11.0. The monoisotopic (exact) mass is 484 g/mol. The number of anilines is 1. The smallest absolute Gasteiger partial charge is 0.376 e. The summed E-state index contributed by atoms with van der Waals surface area (Å²) in [5, 5.41) is 4.09. The van der Waals surface area contributed by atoms with E-state index in [0.29, 0.717) is 22.7 Å². The number of ether oxygens (including phenoxy) is 2. The van der Waals surface area contributed by atoms with Crippen molar-refractivity contribution in [3.05, 3.63) is 102 Å². The molecule has 0 aromatic heterocycles. The summed E-state index contributed by atoms with van der Waals surface area (Å²) in [5.74, 6) is -0.820. The van der Waals surface area contributed by atoms with Gasteiger partial charge in [-0.3, -0.25) is 9.59 Å². The minimum atomic E-state index is -0.734. The molecule has 0 atom stereocenters. The summed E-state index contributed by atoms with van der Waals surface area (Å²) in [5.41, 5.74) is 3.86. The lowest BCUT2D eigenvalue weighted by molar-refractivity contribution is -0.140. The Bertz CT molecular complexity index is 1370. The van der Waals surface area contributed by atoms with Gasteiger partial charge < -0.3 is 19.6 Å². The van der Waals surface area contributed by atoms with Crippen LogP contribution in [0.5, 0.6) is 11.5 Å². The molecule has 2 aliphatic heterocycles. The minimum absolute atomic E-state index is 0.0148. The fraction of sp³-hybridized carbons (Fsp3) is 0.0769. The van der Waals surface area contributed by atoms with Gasteiger partial charge in [-0.05, 0) is 42.0 Å². The molecule has 36 heavy (non-hydrogen) atoms. The number of hydrazine groups is 1. The standard InChI is InChI=1S/C26H20N4O6/c31-24(18-7-3-1-4-8-18)28-20(14-21-26(33)36-29-30(21)19-9-5-2-6-10-19)25(32)27-15-17-11-12-22-23(13-17)35-16-34-22/h1-14,29H,15-16H2,(H,27,32)/b21-14+,28-20?. The predicted molar refractivity (Wildman–Crippen MR) is 129 cm³/mol. The average Bonchev–Trinajstić information content (AvgIpc) is 3.54. The summed E-state index contributed by atoms with van der Waals surface area (Å²) in [6.45, 7) is 0.265. The second-order valence-electron chi connectivity index (χ2n) is 7.72. The number of carbonyl (C=O) groups excluding carboxylic acids is 3. The molecular formula is C26H20N4O6. The molecule has 2 aliphatic rings. The lowest BCUT2D eigenvalue weighted by Gasteiger charge is -2.15. The highest BCUT2D eigenvalue weighted by Crippen LogP contribution is 2.32. The maximum Gasteiger partial charge on any atom is 0.376 e. The second-order valence-corrected chi connectivity index (χ2v) is 7.72. The van der Waals surface area contributed by atoms with Gasteiger partial charge >= 0.3 is 5.97 Å². The normalized spacial score (nSPS) is 15.7. The van der Waals surface area contributed by atoms with Gasteiger partial charge in [-0.2, -0.15) is 0 Å². The van der Waals surface area contributed by atoms with Crippen molar-refractivity contribution in [2.75, 3.05) is 11.8 Å². The Morgan fingerprint density at radius 1 is 0.972 bits per heavy atom. The van der Waals surface area contributed by atoms with Crippen LogP contribution < -0.4 is 25.4 Å². The molecule has 0 saturated carbocycles. The van der Waals surface area contributed by atoms with E-state index in [1.165, 1.54) is 11.1 Å². The van der Waals surface area contributed by atoms with Crippen LogP contribution in [0, 0.1) is 0 Å². The Balaban J connectivity index is 1.44. The minimum Gasteiger partial charge on any atom is -0.454 e. The highest BCUT2D eigenvalue weighted by atomic mass is 16.7. The van der Waals surface area contributed by atoms with Crippen molar-refractivity contribution < 1.29 is 28.7 Å². The number of para-hydroxylation sites is 1. The van der Waals surface area contributed by atoms with Crippen molar-refractivity contribution in [1.82, 2.24) is 10.9 Å². The van der Waals surface area contributed by atoms with Gasteiger partial charge in [0.1, 0.15) is 5.71 Å². The molecule has 1 fully saturated rings. The van der Waals surface area contributed by atoms with E-state index in [9.17, 15) is 14.4 Å². The molecule has 0 radical (unpaired) electrons. The number of fused-ring (bicyclic) bond motifs is 1. The Morgan fingerprint density at radius 2 is 1.69 bits per heavy atom. The summed E-state index contributed by atoms with van der Waals surface area (Å²) < 4.78 is 10.7. The van der Waals surface area contributed by atoms with Gasteiger partial charge in [-0.25, -0.2) is 14.8 Å². The molecule has 2 N–H and O–H groups in total. The highest BCUT2D eigenvalue weighted by Gasteiger charge is 2.30. The Hall–Kier alpha value is -4.96. The van der Waals surface area contributed by atoms with E-state index >= 15 is 0 Å². The Morgan fingerprint density at radius 3 is 2.47 bits per heavy atom. The molecule has 5 rings (SSSR count). The first-order valence-corrected chi connectivity index (χ1v) is 11.0. The molecule has 2 amide bonds. The molecule has 10 heteroatoms. The third-order valence-corrected chi connectivity index (χ3v) is 5.33. The largest absolute Gasteiger partial charge is 0.454 e. The molecule has 180 valence electrons. The number of aliphatic imine (C=N–C) groups is 1. The van der Waals surface area contributed by atoms with Gasteiger partial charge in [0, 0.05) is 18.2 Å². The van der Waals surface area contributed by atoms with Crippen LogP contribution in [0.15, 0.2) is 95.6 Å². The van der Waals surface area contributed by atoms with Gasteiger partial charge in [-0.1, -0.05) is 48.1 Å². The molecule has 2 heterocycles. The van der Waals surface area contributed by atoms with Gasteiger partial charge in [-0.15, -0.1) is 0 Å². The van der Waals surface area contributed by atoms with Crippen molar-refractivity contribution in [3.63, 3.8) is 0 Å². The zero-order chi connectivity index (χ0) is 24.9. The lowest BCUT2D eigenvalue weighted by atomic mass is 10.2. The van der Waals surface area contributed by atoms with E-state index in [4.69, 9.17) is 14.3 Å². The van der Waals surface area contributed by atoms with E-state index in [0.717, 1.165) is 5.56 Å². The molecule has 0 unspecified atom stereocenters. The molecule has 0 aliphatic carbocycles. The SMILES string of the molecule is O=C(NCc1ccc2c(c1)OCO2)C(/C=C1\C(=O)ONN1c1ccccc1)=NC(=O)c1ccccc1. The van der Waals surface area contributed by atoms with Gasteiger partial charge in [0.15, 0.2) is 17.2 Å². The average molecular weight is 484 g/mol. The number of nitrogens with zero attached hydrogens (tertiary/aromatic N) is 2. The van der Waals surface area contributed by atoms with Crippen LogP contribution in [0.25, 0.3) is 0 Å². The molecule has 3 aromatic rings. The number of hydrogen-bond acceptors (Lipinski definition) is 8. The second kappa shape index (κ2) is 10.1. The van der Waals surface area contributed by atoms with Crippen LogP contribution in [-0.4, -0.2) is 30.3 Å². The van der Waals surface area contributed by atoms with Crippen LogP contribution in [0.1, 0.15) is 15.9 Å². The first-order chi connectivity index (χ1) is 17.6. The molecule has 1 saturated heterocycles. The zero-order valence-electron chi connectivity index (χ0n) is 18.8. The van der Waals surface area contributed by atoms with E-state index in [1.54, 1.807) is 72.8 Å². The number of carbonyl (C=O) groups is 3. The van der Waals surface area contributed by atoms with Crippen LogP contribution in [-0.2, 0) is 21.0 Å². The van der Waals surface area contributed by atoms with E-state index < -0.39 is 17.8 Å². The molecule has 3 aromatic carbocycles. The fourth-order valence-electron chi connectivity index (χ4n) is 3.53. The Kier molecular flexibility index (Phi) is 6.41. The quantitative estimate of drug-likeness (QED) is 0.405. The van der Waals surface area contributed by atoms with Crippen LogP contribution in [0.2, 0.25) is 0 Å². The van der Waals surface area contributed by atoms with E-state index in [-0.39, 0.29) is 24.7 Å². The first kappa shape index (κ1) is 22.8. The van der Waals surface area contributed by atoms with Crippen LogP contribution >= 0.6 is 0 Å². The zero-order valence-corrected chi connectivity index (χ0v) is 18.8. The third kappa shape index (κ3) is 4.93. The van der Waals surface area contributed by atoms with Gasteiger partial charge in [0.05, 0.1) is 5.69 Å². The van der Waals surface area contributed by atoms with E-state index in [2.05, 4.69) is 15.9 Å². The van der Waals surface area contributed by atoms with Crippen LogP contribution in [0.3, 0.4) is 0 Å². The van der Waals surface area contributed by atoms with E-state index in [1.807, 2.05) is 6.07 Å². The van der Waals surface area contributed by atoms with Gasteiger partial charge in [0.25, 0.3) is 11.8 Å². The molecule has 0 bridgehead atoms. The maximum absolute atomic E-state index is 13.2. The number of benzene rings is 3. The maximum atomic E-state index is 13.2. The van der Waals surface area contributed by atoms with Crippen molar-refractivity contribution in [2.24, 2.45) is 4.99 Å². The fourth-order valence-corrected chi connectivity index (χ4v) is 3.53. The number of nitrogens with one attached hydrogen (secondary N) is 2. The number of rotatable bonds is 6. The predicted octanol–water partition coefficient (Wildman–Crippen LogP) is 2.68. The Labute approximate surface area is 205 Å². The number of amides is 2. The highest BCUT2D eigenvalue weighted by molar-refractivity contribution is 6.45. The van der Waals surface area contributed by atoms with Gasteiger partial charge in [0.2, 0.25) is 6.79 Å². The summed E-state index contributed by atoms with van der Waals surface area (Å²) in [4.78, 5) is 47.4. The van der Waals surface area contributed by atoms with Crippen molar-refractivity contribution >= 4 is 29.2 Å². The summed E-state index contributed by atoms with van der Waals surface area (Å²) in [6, 6.07) is 22.5.